The van der Waals surface area contributed by atoms with E-state index >= 15 is 0 Å². The summed E-state index contributed by atoms with van der Waals surface area (Å²) < 4.78 is 0. The number of nitrogens with two attached hydrogens (primary N) is 1. The van der Waals surface area contributed by atoms with Crippen LogP contribution in [0.5, 0.6) is 0 Å². The van der Waals surface area contributed by atoms with Gasteiger partial charge < -0.3 is 5.73 Å². The van der Waals surface area contributed by atoms with Gasteiger partial charge in [-0.05, 0) is 18.0 Å². The predicted molar refractivity (Wildman–Crippen MR) is 59.9 cm³/mol. The van der Waals surface area contributed by atoms with Crippen molar-refractivity contribution in [3.8, 4) is 0 Å². The van der Waals surface area contributed by atoms with Crippen LogP contribution in [0.1, 0.15) is 12.0 Å². The predicted octanol–water partition coefficient (Wildman–Crippen LogP) is 1.32. The van der Waals surface area contributed by atoms with Gasteiger partial charge >= 0.3 is 0 Å². The summed E-state index contributed by atoms with van der Waals surface area (Å²) in [6.45, 7) is 2.64. The molecule has 1 atom stereocenters. The molecule has 2 N–H and O–H groups in total. The van der Waals surface area contributed by atoms with Crippen molar-refractivity contribution in [2.24, 2.45) is 5.73 Å². The Labute approximate surface area is 98.4 Å². The van der Waals surface area contributed by atoms with E-state index in [1.54, 1.807) is 6.20 Å². The summed E-state index contributed by atoms with van der Waals surface area (Å²) in [5.74, 6) is 0. The third-order valence-corrected chi connectivity index (χ3v) is 2.99. The molecule has 1 aliphatic heterocycles. The van der Waals surface area contributed by atoms with Gasteiger partial charge in [-0.1, -0.05) is 11.6 Å². The Hall–Kier alpha value is -0.420. The first-order valence-corrected chi connectivity index (χ1v) is 5.55. The lowest BCUT2D eigenvalue weighted by Gasteiger charge is -2.15. The molecule has 0 unspecified atom stereocenters. The van der Waals surface area contributed by atoms with Gasteiger partial charge in [-0.25, -0.2) is 9.97 Å². The van der Waals surface area contributed by atoms with E-state index < -0.39 is 0 Å². The average Bonchev–Trinajstić information content (AvgIpc) is 2.56. The maximum absolute atomic E-state index is 5.95. The number of aromatic nitrogens is 2. The number of hydrogen-bond donors (Lipinski definition) is 1. The van der Waals surface area contributed by atoms with E-state index in [1.165, 1.54) is 0 Å². The average molecular weight is 247 g/mol. The molecule has 0 amide bonds. The first kappa shape index (κ1) is 11.1. The van der Waals surface area contributed by atoms with Crippen LogP contribution in [-0.4, -0.2) is 34.0 Å². The monoisotopic (exact) mass is 246 g/mol. The van der Waals surface area contributed by atoms with Crippen molar-refractivity contribution in [1.82, 2.24) is 14.9 Å². The molecule has 6 heteroatoms. The number of nitrogens with zero attached hydrogens (tertiary/aromatic N) is 3. The Bertz CT molecular complexity index is 358. The normalized spacial score (nSPS) is 22.2. The second-order valence-electron chi connectivity index (χ2n) is 3.74. The zero-order valence-electron chi connectivity index (χ0n) is 8.16. The summed E-state index contributed by atoms with van der Waals surface area (Å²) in [6.07, 6.45) is 2.70. The lowest BCUT2D eigenvalue weighted by Crippen LogP contribution is -2.26. The summed E-state index contributed by atoms with van der Waals surface area (Å²) in [7, 11) is 0. The molecule has 0 aromatic carbocycles. The minimum Gasteiger partial charge on any atom is -0.326 e. The molecule has 1 saturated heterocycles. The fraction of sp³-hybridized carbons (Fsp3) is 0.556. The van der Waals surface area contributed by atoms with E-state index in [4.69, 9.17) is 28.9 Å². The largest absolute Gasteiger partial charge is 0.326 e. The van der Waals surface area contributed by atoms with Crippen LogP contribution >= 0.6 is 23.2 Å². The van der Waals surface area contributed by atoms with Crippen molar-refractivity contribution in [2.75, 3.05) is 13.1 Å². The van der Waals surface area contributed by atoms with E-state index in [9.17, 15) is 0 Å². The molecule has 0 aliphatic carbocycles. The number of hydrogen-bond acceptors (Lipinski definition) is 4. The van der Waals surface area contributed by atoms with E-state index in [1.807, 2.05) is 0 Å². The van der Waals surface area contributed by atoms with Crippen LogP contribution in [0.25, 0.3) is 0 Å². The number of likely N-dealkylation sites (tertiary alicyclic amines) is 1. The van der Waals surface area contributed by atoms with Crippen LogP contribution in [-0.2, 0) is 6.54 Å². The zero-order valence-corrected chi connectivity index (χ0v) is 9.67. The topological polar surface area (TPSA) is 55.0 Å². The molecule has 2 heterocycles. The van der Waals surface area contributed by atoms with Crippen LogP contribution in [0.3, 0.4) is 0 Å². The Morgan fingerprint density at radius 2 is 2.33 bits per heavy atom. The highest BCUT2D eigenvalue weighted by Crippen LogP contribution is 2.18. The molecule has 0 radical (unpaired) electrons. The second-order valence-corrected chi connectivity index (χ2v) is 4.44. The van der Waals surface area contributed by atoms with Gasteiger partial charge in [-0.3, -0.25) is 4.90 Å². The van der Waals surface area contributed by atoms with Crippen molar-refractivity contribution in [3.63, 3.8) is 0 Å². The lowest BCUT2D eigenvalue weighted by molar-refractivity contribution is 0.326. The van der Waals surface area contributed by atoms with Crippen molar-refractivity contribution in [1.29, 1.82) is 0 Å². The molecule has 1 aromatic heterocycles. The van der Waals surface area contributed by atoms with Gasteiger partial charge in [0.2, 0.25) is 5.28 Å². The maximum Gasteiger partial charge on any atom is 0.223 e. The second kappa shape index (κ2) is 4.61. The molecule has 2 rings (SSSR count). The standard InChI is InChI=1S/C9H12Cl2N4/c10-8-6(3-13-9(11)14-8)4-15-2-1-7(12)5-15/h3,7H,1-2,4-5,12H2/t7-/m0/s1. The molecule has 0 saturated carbocycles. The fourth-order valence-electron chi connectivity index (χ4n) is 1.72. The fourth-order valence-corrected chi connectivity index (χ4v) is 2.08. The summed E-state index contributed by atoms with van der Waals surface area (Å²) in [5.41, 5.74) is 6.71. The van der Waals surface area contributed by atoms with Gasteiger partial charge in [0.15, 0.2) is 0 Å². The highest BCUT2D eigenvalue weighted by atomic mass is 35.5. The third-order valence-electron chi connectivity index (χ3n) is 2.49. The molecular weight excluding hydrogens is 235 g/mol. The quantitative estimate of drug-likeness (QED) is 0.632. The molecule has 0 spiro atoms. The van der Waals surface area contributed by atoms with Crippen LogP contribution in [0.15, 0.2) is 6.20 Å². The van der Waals surface area contributed by atoms with E-state index in [-0.39, 0.29) is 11.3 Å². The SMILES string of the molecule is N[C@H]1CCN(Cc2cnc(Cl)nc2Cl)C1. The molecule has 82 valence electrons. The number of halogens is 2. The molecular formula is C9H12Cl2N4. The Morgan fingerprint density at radius 3 is 2.93 bits per heavy atom. The highest BCUT2D eigenvalue weighted by Gasteiger charge is 2.20. The van der Waals surface area contributed by atoms with Crippen LogP contribution in [0.4, 0.5) is 0 Å². The van der Waals surface area contributed by atoms with E-state index in [0.29, 0.717) is 5.15 Å². The zero-order chi connectivity index (χ0) is 10.8. The van der Waals surface area contributed by atoms with Crippen molar-refractivity contribution < 1.29 is 0 Å². The van der Waals surface area contributed by atoms with Gasteiger partial charge in [-0.15, -0.1) is 0 Å². The summed E-state index contributed by atoms with van der Waals surface area (Å²) in [6, 6.07) is 0.275. The molecule has 1 fully saturated rings. The van der Waals surface area contributed by atoms with Crippen LogP contribution < -0.4 is 5.73 Å². The van der Waals surface area contributed by atoms with Crippen LogP contribution in [0, 0.1) is 0 Å². The minimum atomic E-state index is 0.182. The van der Waals surface area contributed by atoms with Gasteiger partial charge in [0.05, 0.1) is 0 Å². The lowest BCUT2D eigenvalue weighted by atomic mass is 10.3. The first-order valence-electron chi connectivity index (χ1n) is 4.80. The molecule has 15 heavy (non-hydrogen) atoms. The molecule has 1 aliphatic rings. The molecule has 0 bridgehead atoms. The minimum absolute atomic E-state index is 0.182. The van der Waals surface area contributed by atoms with Gasteiger partial charge in [0.25, 0.3) is 0 Å². The molecule has 1 aromatic rings. The Balaban J connectivity index is 2.04. The highest BCUT2D eigenvalue weighted by molar-refractivity contribution is 6.32. The summed E-state index contributed by atoms with van der Waals surface area (Å²) in [4.78, 5) is 10.0. The van der Waals surface area contributed by atoms with Gasteiger partial charge in [0, 0.05) is 37.4 Å². The Kier molecular flexibility index (Phi) is 3.41. The third kappa shape index (κ3) is 2.78. The van der Waals surface area contributed by atoms with Crippen molar-refractivity contribution in [2.45, 2.75) is 19.0 Å². The van der Waals surface area contributed by atoms with Crippen LogP contribution in [0.2, 0.25) is 10.4 Å². The Morgan fingerprint density at radius 1 is 1.53 bits per heavy atom. The van der Waals surface area contributed by atoms with Gasteiger partial charge in [-0.2, -0.15) is 0 Å². The van der Waals surface area contributed by atoms with E-state index in [0.717, 1.165) is 31.6 Å². The van der Waals surface area contributed by atoms with Crippen molar-refractivity contribution in [3.05, 3.63) is 22.2 Å². The first-order chi connectivity index (χ1) is 7.15. The maximum atomic E-state index is 5.95. The smallest absolute Gasteiger partial charge is 0.223 e. The van der Waals surface area contributed by atoms with Gasteiger partial charge in [0.1, 0.15) is 5.15 Å². The summed E-state index contributed by atoms with van der Waals surface area (Å²) >= 11 is 11.6. The number of rotatable bonds is 2. The van der Waals surface area contributed by atoms with E-state index in [2.05, 4.69) is 14.9 Å². The summed E-state index contributed by atoms with van der Waals surface area (Å²) in [5, 5.41) is 0.609. The van der Waals surface area contributed by atoms with Crippen molar-refractivity contribution >= 4 is 23.2 Å². The molecule has 4 nitrogen and oxygen atoms in total.